The second kappa shape index (κ2) is 8.31. The molecule has 1 N–H and O–H groups in total. The van der Waals surface area contributed by atoms with E-state index in [2.05, 4.69) is 5.32 Å². The van der Waals surface area contributed by atoms with E-state index in [0.29, 0.717) is 43.1 Å². The predicted molar refractivity (Wildman–Crippen MR) is 89.6 cm³/mol. The average Bonchev–Trinajstić information content (AvgIpc) is 2.50. The third kappa shape index (κ3) is 5.52. The molecule has 0 radical (unpaired) electrons. The molecule has 2 rings (SSSR count). The molecule has 1 aliphatic rings. The maximum absolute atomic E-state index is 12.2. The molecule has 0 spiro atoms. The number of hydrogen-bond acceptors (Lipinski definition) is 3. The van der Waals surface area contributed by atoms with Gasteiger partial charge in [0.15, 0.2) is 0 Å². The first kappa shape index (κ1) is 17.8. The summed E-state index contributed by atoms with van der Waals surface area (Å²) in [5.74, 6) is -0.0320. The molecule has 0 bridgehead atoms. The smallest absolute Gasteiger partial charge is 0.251 e. The van der Waals surface area contributed by atoms with Crippen molar-refractivity contribution in [3.05, 3.63) is 34.9 Å². The van der Waals surface area contributed by atoms with Crippen LogP contribution in [0.2, 0.25) is 5.02 Å². The summed E-state index contributed by atoms with van der Waals surface area (Å²) in [6.45, 7) is 5.70. The van der Waals surface area contributed by atoms with Crippen LogP contribution in [0.4, 0.5) is 0 Å². The summed E-state index contributed by atoms with van der Waals surface area (Å²) in [5.41, 5.74) is 0.566. The summed E-state index contributed by atoms with van der Waals surface area (Å²) < 4.78 is 5.62. The van der Waals surface area contributed by atoms with Crippen LogP contribution in [0, 0.1) is 0 Å². The van der Waals surface area contributed by atoms with Crippen molar-refractivity contribution >= 4 is 23.4 Å². The van der Waals surface area contributed by atoms with Crippen LogP contribution >= 0.6 is 11.6 Å². The van der Waals surface area contributed by atoms with E-state index in [9.17, 15) is 9.59 Å². The number of carbonyl (C=O) groups is 2. The van der Waals surface area contributed by atoms with Gasteiger partial charge in [-0.25, -0.2) is 0 Å². The number of rotatable bonds is 5. The SMILES string of the molecule is C[C@@H]1CN(C(=O)CCCNC(=O)c2ccc(Cl)cc2)C[C@H](C)O1. The molecule has 1 saturated heterocycles. The standard InChI is InChI=1S/C17H23ClN2O3/c1-12-10-20(11-13(2)23-12)16(21)4-3-9-19-17(22)14-5-7-15(18)8-6-14/h5-8,12-13H,3-4,9-11H2,1-2H3,(H,19,22)/t12-,13+. The molecule has 6 heteroatoms. The van der Waals surface area contributed by atoms with Crippen LogP contribution in [0.3, 0.4) is 0 Å². The van der Waals surface area contributed by atoms with Crippen molar-refractivity contribution in [3.8, 4) is 0 Å². The molecule has 23 heavy (non-hydrogen) atoms. The summed E-state index contributed by atoms with van der Waals surface area (Å²) in [4.78, 5) is 26.0. The molecule has 1 aromatic rings. The van der Waals surface area contributed by atoms with Crippen LogP contribution in [-0.4, -0.2) is 48.6 Å². The van der Waals surface area contributed by atoms with Gasteiger partial charge in [-0.2, -0.15) is 0 Å². The highest BCUT2D eigenvalue weighted by Gasteiger charge is 2.25. The first-order chi connectivity index (χ1) is 11.0. The minimum absolute atomic E-state index is 0.0762. The van der Waals surface area contributed by atoms with Crippen molar-refractivity contribution in [2.45, 2.75) is 38.9 Å². The molecule has 1 fully saturated rings. The van der Waals surface area contributed by atoms with E-state index in [1.807, 2.05) is 18.7 Å². The molecule has 1 aliphatic heterocycles. The lowest BCUT2D eigenvalue weighted by atomic mass is 10.2. The average molecular weight is 339 g/mol. The van der Waals surface area contributed by atoms with Crippen molar-refractivity contribution in [1.82, 2.24) is 10.2 Å². The summed E-state index contributed by atoms with van der Waals surface area (Å²) in [5, 5.41) is 3.42. The Morgan fingerprint density at radius 3 is 2.43 bits per heavy atom. The van der Waals surface area contributed by atoms with Crippen molar-refractivity contribution in [1.29, 1.82) is 0 Å². The van der Waals surface area contributed by atoms with Gasteiger partial charge < -0.3 is 15.0 Å². The number of nitrogens with zero attached hydrogens (tertiary/aromatic N) is 1. The maximum atomic E-state index is 12.2. The van der Waals surface area contributed by atoms with Crippen molar-refractivity contribution in [2.24, 2.45) is 0 Å². The van der Waals surface area contributed by atoms with E-state index in [0.717, 1.165) is 0 Å². The van der Waals surface area contributed by atoms with E-state index in [1.54, 1.807) is 24.3 Å². The summed E-state index contributed by atoms with van der Waals surface area (Å²) >= 11 is 5.79. The molecule has 1 aromatic carbocycles. The number of halogens is 1. The van der Waals surface area contributed by atoms with Gasteiger partial charge in [0.1, 0.15) is 0 Å². The normalized spacial score (nSPS) is 21.1. The van der Waals surface area contributed by atoms with Gasteiger partial charge in [-0.1, -0.05) is 11.6 Å². The minimum atomic E-state index is -0.150. The number of nitrogens with one attached hydrogen (secondary N) is 1. The van der Waals surface area contributed by atoms with Crippen LogP contribution in [0.1, 0.15) is 37.0 Å². The lowest BCUT2D eigenvalue weighted by molar-refractivity contribution is -0.143. The summed E-state index contributed by atoms with van der Waals surface area (Å²) in [6.07, 6.45) is 1.21. The predicted octanol–water partition coefficient (Wildman–Crippen LogP) is 2.49. The summed E-state index contributed by atoms with van der Waals surface area (Å²) in [7, 11) is 0. The Hall–Kier alpha value is -1.59. The van der Waals surface area contributed by atoms with Gasteiger partial charge in [0.05, 0.1) is 12.2 Å². The molecule has 0 saturated carbocycles. The molecule has 0 unspecified atom stereocenters. The number of amides is 2. The first-order valence-corrected chi connectivity index (χ1v) is 8.30. The van der Waals surface area contributed by atoms with E-state index in [-0.39, 0.29) is 24.0 Å². The lowest BCUT2D eigenvalue weighted by Gasteiger charge is -2.35. The Labute approximate surface area is 141 Å². The molecule has 126 valence electrons. The molecule has 0 aliphatic carbocycles. The van der Waals surface area contributed by atoms with Crippen LogP contribution < -0.4 is 5.32 Å². The molecule has 5 nitrogen and oxygen atoms in total. The summed E-state index contributed by atoms with van der Waals surface area (Å²) in [6, 6.07) is 6.72. The number of hydrogen-bond donors (Lipinski definition) is 1. The third-order valence-corrected chi connectivity index (χ3v) is 3.98. The quantitative estimate of drug-likeness (QED) is 0.839. The molecule has 2 amide bonds. The molecule has 0 aromatic heterocycles. The molecule has 1 heterocycles. The Bertz CT molecular complexity index is 537. The van der Waals surface area contributed by atoms with Crippen molar-refractivity contribution in [3.63, 3.8) is 0 Å². The van der Waals surface area contributed by atoms with Crippen LogP contribution in [0.25, 0.3) is 0 Å². The van der Waals surface area contributed by atoms with Gasteiger partial charge in [0.2, 0.25) is 5.91 Å². The van der Waals surface area contributed by atoms with Crippen LogP contribution in [-0.2, 0) is 9.53 Å². The van der Waals surface area contributed by atoms with Gasteiger partial charge in [-0.3, -0.25) is 9.59 Å². The molecular formula is C17H23ClN2O3. The minimum Gasteiger partial charge on any atom is -0.372 e. The van der Waals surface area contributed by atoms with Gasteiger partial charge in [0.25, 0.3) is 5.91 Å². The van der Waals surface area contributed by atoms with E-state index < -0.39 is 0 Å². The van der Waals surface area contributed by atoms with E-state index >= 15 is 0 Å². The zero-order chi connectivity index (χ0) is 16.8. The second-order valence-electron chi connectivity index (χ2n) is 5.92. The van der Waals surface area contributed by atoms with E-state index in [1.165, 1.54) is 0 Å². The van der Waals surface area contributed by atoms with Gasteiger partial charge >= 0.3 is 0 Å². The zero-order valence-corrected chi connectivity index (χ0v) is 14.3. The maximum Gasteiger partial charge on any atom is 0.251 e. The number of morpholine rings is 1. The van der Waals surface area contributed by atoms with Crippen molar-refractivity contribution in [2.75, 3.05) is 19.6 Å². The highest BCUT2D eigenvalue weighted by Crippen LogP contribution is 2.12. The first-order valence-electron chi connectivity index (χ1n) is 7.92. The van der Waals surface area contributed by atoms with E-state index in [4.69, 9.17) is 16.3 Å². The highest BCUT2D eigenvalue weighted by atomic mass is 35.5. The number of ether oxygens (including phenoxy) is 1. The highest BCUT2D eigenvalue weighted by molar-refractivity contribution is 6.30. The Kier molecular flexibility index (Phi) is 6.42. The fourth-order valence-electron chi connectivity index (χ4n) is 2.68. The van der Waals surface area contributed by atoms with Crippen LogP contribution in [0.5, 0.6) is 0 Å². The van der Waals surface area contributed by atoms with Crippen LogP contribution in [0.15, 0.2) is 24.3 Å². The third-order valence-electron chi connectivity index (χ3n) is 3.73. The molecule has 2 atom stereocenters. The van der Waals surface area contributed by atoms with Crippen molar-refractivity contribution < 1.29 is 14.3 Å². The fourth-order valence-corrected chi connectivity index (χ4v) is 2.81. The topological polar surface area (TPSA) is 58.6 Å². The van der Waals surface area contributed by atoms with Gasteiger partial charge in [-0.05, 0) is 44.5 Å². The van der Waals surface area contributed by atoms with Gasteiger partial charge in [-0.15, -0.1) is 0 Å². The number of benzene rings is 1. The van der Waals surface area contributed by atoms with Gasteiger partial charge in [0, 0.05) is 36.6 Å². The number of carbonyl (C=O) groups excluding carboxylic acids is 2. The monoisotopic (exact) mass is 338 g/mol. The largest absolute Gasteiger partial charge is 0.372 e. The second-order valence-corrected chi connectivity index (χ2v) is 6.36. The lowest BCUT2D eigenvalue weighted by Crippen LogP contribution is -2.48. The Balaban J connectivity index is 1.69. The molecular weight excluding hydrogens is 316 g/mol. The fraction of sp³-hybridized carbons (Fsp3) is 0.529. The Morgan fingerprint density at radius 1 is 1.22 bits per heavy atom. The zero-order valence-electron chi connectivity index (χ0n) is 13.5. The Morgan fingerprint density at radius 2 is 1.83 bits per heavy atom.